The van der Waals surface area contributed by atoms with Crippen molar-refractivity contribution in [2.24, 2.45) is 0 Å². The van der Waals surface area contributed by atoms with E-state index in [0.29, 0.717) is 24.2 Å². The molecule has 162 valence electrons. The average molecular weight is 455 g/mol. The highest BCUT2D eigenvalue weighted by molar-refractivity contribution is 7.92. The molecule has 3 aromatic rings. The second kappa shape index (κ2) is 9.32. The van der Waals surface area contributed by atoms with Gasteiger partial charge in [0.25, 0.3) is 0 Å². The van der Waals surface area contributed by atoms with E-state index >= 15 is 0 Å². The van der Waals surface area contributed by atoms with Crippen LogP contribution in [0.5, 0.6) is 0 Å². The molecule has 1 N–H and O–H groups in total. The first-order valence-corrected chi connectivity index (χ1v) is 13.1. The molecule has 5 nitrogen and oxygen atoms in total. The molecule has 1 fully saturated rings. The maximum atomic E-state index is 12.8. The van der Waals surface area contributed by atoms with Crippen molar-refractivity contribution >= 4 is 32.8 Å². The Morgan fingerprint density at radius 3 is 2.58 bits per heavy atom. The van der Waals surface area contributed by atoms with Gasteiger partial charge in [0.2, 0.25) is 5.91 Å². The van der Waals surface area contributed by atoms with Crippen LogP contribution in [0, 0.1) is 0 Å². The summed E-state index contributed by atoms with van der Waals surface area (Å²) >= 11 is 1.51. The van der Waals surface area contributed by atoms with E-state index in [2.05, 4.69) is 41.5 Å². The van der Waals surface area contributed by atoms with E-state index in [1.807, 2.05) is 5.38 Å². The lowest BCUT2D eigenvalue weighted by Crippen LogP contribution is -2.19. The monoisotopic (exact) mass is 454 g/mol. The molecule has 1 amide bonds. The van der Waals surface area contributed by atoms with Crippen LogP contribution in [-0.4, -0.2) is 24.6 Å². The number of thiazole rings is 1. The molecule has 1 aliphatic rings. The Labute approximate surface area is 187 Å². The summed E-state index contributed by atoms with van der Waals surface area (Å²) in [5.74, 6) is -0.214. The third kappa shape index (κ3) is 5.05. The quantitative estimate of drug-likeness (QED) is 0.528. The lowest BCUT2D eigenvalue weighted by molar-refractivity contribution is -0.115. The number of nitrogens with one attached hydrogen (secondary N) is 1. The lowest BCUT2D eigenvalue weighted by atomic mass is 10.1. The Morgan fingerprint density at radius 2 is 1.87 bits per heavy atom. The summed E-state index contributed by atoms with van der Waals surface area (Å²) < 4.78 is 25.6. The Bertz CT molecular complexity index is 1160. The van der Waals surface area contributed by atoms with Crippen LogP contribution in [0.2, 0.25) is 0 Å². The first-order valence-electron chi connectivity index (χ1n) is 10.6. The molecule has 1 aromatic heterocycles. The third-order valence-corrected chi connectivity index (χ3v) is 8.89. The molecule has 1 heterocycles. The number of benzene rings is 2. The van der Waals surface area contributed by atoms with Gasteiger partial charge in [0.15, 0.2) is 9.84 Å². The molecule has 4 rings (SSSR count). The van der Waals surface area contributed by atoms with E-state index < -0.39 is 9.84 Å². The van der Waals surface area contributed by atoms with Crippen molar-refractivity contribution in [3.05, 3.63) is 65.2 Å². The van der Waals surface area contributed by atoms with E-state index in [9.17, 15) is 13.2 Å². The fraction of sp³-hybridized carbons (Fsp3) is 0.333. The third-order valence-electron chi connectivity index (χ3n) is 5.69. The Morgan fingerprint density at radius 1 is 1.13 bits per heavy atom. The first kappa shape index (κ1) is 21.7. The fourth-order valence-electron chi connectivity index (χ4n) is 3.92. The van der Waals surface area contributed by atoms with Gasteiger partial charge in [-0.05, 0) is 43.0 Å². The van der Waals surface area contributed by atoms with Crippen LogP contribution in [0.4, 0.5) is 5.69 Å². The van der Waals surface area contributed by atoms with Crippen molar-refractivity contribution in [1.29, 1.82) is 0 Å². The standard InChI is InChI=1S/C24H26N2O3S2/c1-2-17-10-12-18(13-11-17)24-26-20(16-30-24)15-23(27)25-19-6-5-9-22(14-19)31(28,29)21-7-3-4-8-21/h5-6,9-14,16,21H,2-4,7-8,15H2,1H3,(H,25,27). The number of aryl methyl sites for hydroxylation is 1. The van der Waals surface area contributed by atoms with E-state index in [-0.39, 0.29) is 22.5 Å². The molecule has 0 saturated heterocycles. The topological polar surface area (TPSA) is 76.1 Å². The molecule has 0 bridgehead atoms. The summed E-state index contributed by atoms with van der Waals surface area (Å²) in [7, 11) is -3.35. The lowest BCUT2D eigenvalue weighted by Gasteiger charge is -2.12. The highest BCUT2D eigenvalue weighted by atomic mass is 32.2. The Balaban J connectivity index is 1.42. The molecule has 0 unspecified atom stereocenters. The average Bonchev–Trinajstić information content (AvgIpc) is 3.47. The SMILES string of the molecule is CCc1ccc(-c2nc(CC(=O)Nc3cccc(S(=O)(=O)C4CCCC4)c3)cs2)cc1. The summed E-state index contributed by atoms with van der Waals surface area (Å²) in [5.41, 5.74) is 3.51. The maximum absolute atomic E-state index is 12.8. The molecule has 31 heavy (non-hydrogen) atoms. The van der Waals surface area contributed by atoms with Crippen molar-refractivity contribution < 1.29 is 13.2 Å². The first-order chi connectivity index (χ1) is 15.0. The largest absolute Gasteiger partial charge is 0.326 e. The molecule has 2 aromatic carbocycles. The predicted octanol–water partition coefficient (Wildman–Crippen LogP) is 5.27. The number of aromatic nitrogens is 1. The van der Waals surface area contributed by atoms with E-state index in [4.69, 9.17) is 0 Å². The zero-order valence-electron chi connectivity index (χ0n) is 17.5. The number of nitrogens with zero attached hydrogens (tertiary/aromatic N) is 1. The van der Waals surface area contributed by atoms with Crippen molar-refractivity contribution in [1.82, 2.24) is 4.98 Å². The van der Waals surface area contributed by atoms with Crippen LogP contribution in [0.25, 0.3) is 10.6 Å². The number of rotatable bonds is 7. The fourth-order valence-corrected chi connectivity index (χ4v) is 6.64. The maximum Gasteiger partial charge on any atom is 0.230 e. The van der Waals surface area contributed by atoms with Gasteiger partial charge in [-0.2, -0.15) is 0 Å². The van der Waals surface area contributed by atoms with Crippen LogP contribution in [0.3, 0.4) is 0 Å². The minimum atomic E-state index is -3.35. The van der Waals surface area contributed by atoms with Crippen LogP contribution < -0.4 is 5.32 Å². The number of carbonyl (C=O) groups excluding carboxylic acids is 1. The number of carbonyl (C=O) groups is 1. The van der Waals surface area contributed by atoms with Gasteiger partial charge in [0.05, 0.1) is 22.3 Å². The summed E-state index contributed by atoms with van der Waals surface area (Å²) in [5, 5.41) is 5.29. The predicted molar refractivity (Wildman–Crippen MR) is 125 cm³/mol. The zero-order valence-corrected chi connectivity index (χ0v) is 19.1. The number of hydrogen-bond acceptors (Lipinski definition) is 5. The molecular formula is C24H26N2O3S2. The second-order valence-corrected chi connectivity index (χ2v) is 11.0. The van der Waals surface area contributed by atoms with Gasteiger partial charge >= 0.3 is 0 Å². The number of amides is 1. The molecule has 0 spiro atoms. The van der Waals surface area contributed by atoms with Gasteiger partial charge in [-0.1, -0.05) is 50.1 Å². The highest BCUT2D eigenvalue weighted by Crippen LogP contribution is 2.30. The normalized spacial score (nSPS) is 14.6. The van der Waals surface area contributed by atoms with Crippen molar-refractivity contribution in [3.63, 3.8) is 0 Å². The van der Waals surface area contributed by atoms with Crippen LogP contribution in [-0.2, 0) is 27.5 Å². The Kier molecular flexibility index (Phi) is 6.53. The number of sulfone groups is 1. The number of hydrogen-bond donors (Lipinski definition) is 1. The molecule has 0 radical (unpaired) electrons. The van der Waals surface area contributed by atoms with Crippen molar-refractivity contribution in [2.75, 3.05) is 5.32 Å². The van der Waals surface area contributed by atoms with Crippen LogP contribution in [0.1, 0.15) is 43.9 Å². The molecule has 0 aliphatic heterocycles. The van der Waals surface area contributed by atoms with E-state index in [1.165, 1.54) is 16.9 Å². The molecule has 0 atom stereocenters. The van der Waals surface area contributed by atoms with Gasteiger partial charge < -0.3 is 5.32 Å². The second-order valence-electron chi connectivity index (χ2n) is 7.90. The van der Waals surface area contributed by atoms with Crippen molar-refractivity contribution in [2.45, 2.75) is 55.6 Å². The van der Waals surface area contributed by atoms with Gasteiger partial charge in [-0.25, -0.2) is 13.4 Å². The zero-order chi connectivity index (χ0) is 21.8. The summed E-state index contributed by atoms with van der Waals surface area (Å²) in [4.78, 5) is 17.4. The smallest absolute Gasteiger partial charge is 0.230 e. The van der Waals surface area contributed by atoms with Crippen LogP contribution >= 0.6 is 11.3 Å². The van der Waals surface area contributed by atoms with Gasteiger partial charge in [0.1, 0.15) is 5.01 Å². The summed E-state index contributed by atoms with van der Waals surface area (Å²) in [6.07, 6.45) is 4.48. The minimum Gasteiger partial charge on any atom is -0.326 e. The van der Waals surface area contributed by atoms with E-state index in [1.54, 1.807) is 24.3 Å². The summed E-state index contributed by atoms with van der Waals surface area (Å²) in [6.45, 7) is 2.12. The highest BCUT2D eigenvalue weighted by Gasteiger charge is 2.30. The molecule has 1 saturated carbocycles. The number of anilines is 1. The molecule has 7 heteroatoms. The molecular weight excluding hydrogens is 428 g/mol. The Hall–Kier alpha value is -2.51. The van der Waals surface area contributed by atoms with E-state index in [0.717, 1.165) is 29.8 Å². The van der Waals surface area contributed by atoms with Gasteiger partial charge in [0, 0.05) is 16.6 Å². The summed E-state index contributed by atoms with van der Waals surface area (Å²) in [6, 6.07) is 14.9. The van der Waals surface area contributed by atoms with Gasteiger partial charge in [-0.3, -0.25) is 4.79 Å². The molecule has 1 aliphatic carbocycles. The van der Waals surface area contributed by atoms with Gasteiger partial charge in [-0.15, -0.1) is 11.3 Å². The van der Waals surface area contributed by atoms with Crippen molar-refractivity contribution in [3.8, 4) is 10.6 Å². The van der Waals surface area contributed by atoms with Crippen LogP contribution in [0.15, 0.2) is 58.8 Å². The minimum absolute atomic E-state index is 0.142.